The molecule has 0 aliphatic heterocycles. The van der Waals surface area contributed by atoms with Crippen molar-refractivity contribution >= 4 is 33.3 Å². The van der Waals surface area contributed by atoms with E-state index in [-0.39, 0.29) is 0 Å². The molecule has 124 valence electrons. The number of fused-ring (bicyclic) bond motifs is 3. The molecule has 1 aromatic carbocycles. The number of thiophene rings is 1. The van der Waals surface area contributed by atoms with E-state index < -0.39 is 0 Å². The van der Waals surface area contributed by atoms with Crippen LogP contribution in [0.4, 0.5) is 0 Å². The Morgan fingerprint density at radius 3 is 2.75 bits per heavy atom. The molecule has 0 fully saturated rings. The van der Waals surface area contributed by atoms with Gasteiger partial charge in [0.25, 0.3) is 0 Å². The maximum atomic E-state index is 4.61. The summed E-state index contributed by atoms with van der Waals surface area (Å²) in [6.45, 7) is 4.55. The van der Waals surface area contributed by atoms with E-state index in [1.54, 1.807) is 11.2 Å². The van der Waals surface area contributed by atoms with E-state index >= 15 is 0 Å². The summed E-state index contributed by atoms with van der Waals surface area (Å²) in [5.41, 5.74) is 4.29. The summed E-state index contributed by atoms with van der Waals surface area (Å²) < 4.78 is 0. The molecule has 0 amide bonds. The summed E-state index contributed by atoms with van der Waals surface area (Å²) in [5.74, 6) is 1.77. The molecule has 0 spiro atoms. The van der Waals surface area contributed by atoms with Crippen LogP contribution in [0, 0.1) is 5.92 Å². The molecular weight excluding hydrogens is 332 g/mol. The summed E-state index contributed by atoms with van der Waals surface area (Å²) in [7, 11) is 0. The van der Waals surface area contributed by atoms with E-state index in [1.165, 1.54) is 46.2 Å². The third kappa shape index (κ3) is 3.09. The summed E-state index contributed by atoms with van der Waals surface area (Å²) >= 11 is 3.73. The highest BCUT2D eigenvalue weighted by molar-refractivity contribution is 7.98. The van der Waals surface area contributed by atoms with Crippen LogP contribution in [0.5, 0.6) is 0 Å². The lowest BCUT2D eigenvalue weighted by Gasteiger charge is -2.18. The van der Waals surface area contributed by atoms with E-state index in [4.69, 9.17) is 0 Å². The molecule has 1 unspecified atom stereocenters. The first kappa shape index (κ1) is 16.1. The second kappa shape index (κ2) is 6.85. The molecule has 0 N–H and O–H groups in total. The first-order chi connectivity index (χ1) is 11.7. The van der Waals surface area contributed by atoms with Crippen molar-refractivity contribution in [2.24, 2.45) is 5.92 Å². The van der Waals surface area contributed by atoms with E-state index in [9.17, 15) is 0 Å². The Bertz CT molecular complexity index is 852. The zero-order valence-corrected chi connectivity index (χ0v) is 15.8. The lowest BCUT2D eigenvalue weighted by atomic mass is 9.89. The number of thioether (sulfide) groups is 1. The Kier molecular flexibility index (Phi) is 4.59. The monoisotopic (exact) mass is 354 g/mol. The van der Waals surface area contributed by atoms with Crippen LogP contribution >= 0.6 is 23.1 Å². The van der Waals surface area contributed by atoms with Gasteiger partial charge in [0.1, 0.15) is 16.2 Å². The third-order valence-corrected chi connectivity index (χ3v) is 7.09. The maximum absolute atomic E-state index is 4.61. The summed E-state index contributed by atoms with van der Waals surface area (Å²) in [6, 6.07) is 8.96. The molecule has 2 nitrogen and oxygen atoms in total. The number of hydrogen-bond donors (Lipinski definition) is 0. The van der Waals surface area contributed by atoms with Gasteiger partial charge in [-0.2, -0.15) is 0 Å². The largest absolute Gasteiger partial charge is 0.229 e. The van der Waals surface area contributed by atoms with Crippen LogP contribution < -0.4 is 0 Å². The molecule has 3 aromatic rings. The Morgan fingerprint density at radius 1 is 1.17 bits per heavy atom. The Hall–Kier alpha value is -1.39. The van der Waals surface area contributed by atoms with Gasteiger partial charge in [-0.3, -0.25) is 0 Å². The quantitative estimate of drug-likeness (QED) is 0.446. The lowest BCUT2D eigenvalue weighted by molar-refractivity contribution is 0.509. The van der Waals surface area contributed by atoms with Crippen molar-refractivity contribution in [3.63, 3.8) is 0 Å². The standard InChI is InChI=1S/C20H22N2S2/c1-3-14-5-7-15(8-6-14)11-23-19-18-16-9-4-13(2)10-17(16)24-20(18)22-12-21-19/h5-8,12-13H,3-4,9-11H2,1-2H3. The Labute approximate surface area is 151 Å². The van der Waals surface area contributed by atoms with Crippen molar-refractivity contribution < 1.29 is 0 Å². The van der Waals surface area contributed by atoms with Gasteiger partial charge in [0, 0.05) is 16.0 Å². The molecule has 2 heterocycles. The molecule has 4 heteroatoms. The number of nitrogens with zero attached hydrogens (tertiary/aromatic N) is 2. The average molecular weight is 355 g/mol. The van der Waals surface area contributed by atoms with Gasteiger partial charge < -0.3 is 0 Å². The second-order valence-corrected chi connectivity index (χ2v) is 8.72. The topological polar surface area (TPSA) is 25.8 Å². The Balaban J connectivity index is 1.61. The molecule has 1 aliphatic carbocycles. The van der Waals surface area contributed by atoms with Crippen molar-refractivity contribution in [2.45, 2.75) is 50.3 Å². The summed E-state index contributed by atoms with van der Waals surface area (Å²) in [5, 5.41) is 2.49. The van der Waals surface area contributed by atoms with Gasteiger partial charge in [0.2, 0.25) is 0 Å². The van der Waals surface area contributed by atoms with Crippen LogP contribution in [0.25, 0.3) is 10.2 Å². The number of aromatic nitrogens is 2. The van der Waals surface area contributed by atoms with Crippen molar-refractivity contribution in [2.75, 3.05) is 0 Å². The van der Waals surface area contributed by atoms with Gasteiger partial charge in [-0.05, 0) is 48.3 Å². The molecule has 2 aromatic heterocycles. The molecular formula is C20H22N2S2. The first-order valence-electron chi connectivity index (χ1n) is 8.70. The van der Waals surface area contributed by atoms with Gasteiger partial charge in [-0.15, -0.1) is 23.1 Å². The summed E-state index contributed by atoms with van der Waals surface area (Å²) in [4.78, 5) is 11.9. The molecule has 0 bridgehead atoms. The number of aryl methyl sites for hydroxylation is 2. The van der Waals surface area contributed by atoms with Crippen molar-refractivity contribution in [3.05, 3.63) is 52.2 Å². The fourth-order valence-corrected chi connectivity index (χ4v) is 5.78. The molecule has 24 heavy (non-hydrogen) atoms. The average Bonchev–Trinajstić information content (AvgIpc) is 2.98. The van der Waals surface area contributed by atoms with Gasteiger partial charge in [-0.25, -0.2) is 9.97 Å². The van der Waals surface area contributed by atoms with Gasteiger partial charge in [-0.1, -0.05) is 38.1 Å². The predicted molar refractivity (Wildman–Crippen MR) is 104 cm³/mol. The fourth-order valence-electron chi connectivity index (χ4n) is 3.38. The third-order valence-electron chi connectivity index (χ3n) is 4.86. The van der Waals surface area contributed by atoms with Crippen molar-refractivity contribution in [3.8, 4) is 0 Å². The van der Waals surface area contributed by atoms with Gasteiger partial charge in [0.05, 0.1) is 0 Å². The number of rotatable bonds is 4. The highest BCUT2D eigenvalue weighted by Crippen LogP contribution is 2.41. The minimum Gasteiger partial charge on any atom is -0.229 e. The lowest BCUT2D eigenvalue weighted by Crippen LogP contribution is -2.08. The van der Waals surface area contributed by atoms with Gasteiger partial charge >= 0.3 is 0 Å². The van der Waals surface area contributed by atoms with E-state index in [1.807, 2.05) is 23.1 Å². The molecule has 4 rings (SSSR count). The zero-order chi connectivity index (χ0) is 16.5. The van der Waals surface area contributed by atoms with Crippen LogP contribution in [0.2, 0.25) is 0 Å². The predicted octanol–water partition coefficient (Wildman–Crippen LogP) is 5.67. The SMILES string of the molecule is CCc1ccc(CSc2ncnc3sc4c(c23)CCC(C)C4)cc1. The van der Waals surface area contributed by atoms with Gasteiger partial charge in [0.15, 0.2) is 0 Å². The minimum atomic E-state index is 0.798. The van der Waals surface area contributed by atoms with Crippen molar-refractivity contribution in [1.82, 2.24) is 9.97 Å². The normalized spacial score (nSPS) is 17.2. The zero-order valence-electron chi connectivity index (χ0n) is 14.2. The van der Waals surface area contributed by atoms with Crippen LogP contribution in [-0.2, 0) is 25.0 Å². The van der Waals surface area contributed by atoms with E-state index in [2.05, 4.69) is 48.1 Å². The molecule has 0 saturated carbocycles. The van der Waals surface area contributed by atoms with Crippen molar-refractivity contribution in [1.29, 1.82) is 0 Å². The molecule has 0 saturated heterocycles. The highest BCUT2D eigenvalue weighted by Gasteiger charge is 2.23. The molecule has 1 aliphatic rings. The molecule has 0 radical (unpaired) electrons. The smallest absolute Gasteiger partial charge is 0.128 e. The van der Waals surface area contributed by atoms with Crippen LogP contribution in [-0.4, -0.2) is 9.97 Å². The number of benzene rings is 1. The van der Waals surface area contributed by atoms with Crippen LogP contribution in [0.15, 0.2) is 35.6 Å². The maximum Gasteiger partial charge on any atom is 0.128 e. The van der Waals surface area contributed by atoms with Crippen LogP contribution in [0.3, 0.4) is 0 Å². The highest BCUT2D eigenvalue weighted by atomic mass is 32.2. The molecule has 1 atom stereocenters. The fraction of sp³-hybridized carbons (Fsp3) is 0.400. The summed E-state index contributed by atoms with van der Waals surface area (Å²) in [6.07, 6.45) is 6.51. The minimum absolute atomic E-state index is 0.798. The van der Waals surface area contributed by atoms with E-state index in [0.29, 0.717) is 0 Å². The first-order valence-corrected chi connectivity index (χ1v) is 10.5. The Morgan fingerprint density at radius 2 is 1.96 bits per heavy atom. The number of hydrogen-bond acceptors (Lipinski definition) is 4. The second-order valence-electron chi connectivity index (χ2n) is 6.67. The van der Waals surface area contributed by atoms with E-state index in [0.717, 1.165) is 23.1 Å². The van der Waals surface area contributed by atoms with Crippen LogP contribution in [0.1, 0.15) is 41.8 Å².